The maximum atomic E-state index is 11.9. The van der Waals surface area contributed by atoms with Gasteiger partial charge in [0.1, 0.15) is 6.54 Å². The smallest absolute Gasteiger partial charge is 0.322 e. The molecule has 0 atom stereocenters. The molecule has 21 heavy (non-hydrogen) atoms. The SMILES string of the molecule is CC(C)(CN)C(=O)Nc1ccc(C(=O)NCC(=O)O)cc1. The van der Waals surface area contributed by atoms with Gasteiger partial charge in [0.15, 0.2) is 0 Å². The number of aliphatic carboxylic acids is 1. The van der Waals surface area contributed by atoms with E-state index in [-0.39, 0.29) is 12.5 Å². The zero-order valence-corrected chi connectivity index (χ0v) is 12.0. The lowest BCUT2D eigenvalue weighted by Gasteiger charge is -2.21. The predicted molar refractivity (Wildman–Crippen MR) is 77.9 cm³/mol. The molecule has 5 N–H and O–H groups in total. The molecule has 0 saturated carbocycles. The van der Waals surface area contributed by atoms with Crippen LogP contribution in [0.25, 0.3) is 0 Å². The third kappa shape index (κ3) is 4.88. The summed E-state index contributed by atoms with van der Waals surface area (Å²) >= 11 is 0. The number of rotatable bonds is 6. The van der Waals surface area contributed by atoms with Crippen LogP contribution >= 0.6 is 0 Å². The van der Waals surface area contributed by atoms with Crippen molar-refractivity contribution in [3.8, 4) is 0 Å². The first kappa shape index (κ1) is 16.6. The van der Waals surface area contributed by atoms with E-state index in [9.17, 15) is 14.4 Å². The Morgan fingerprint density at radius 3 is 2.24 bits per heavy atom. The monoisotopic (exact) mass is 293 g/mol. The third-order valence-corrected chi connectivity index (χ3v) is 2.93. The van der Waals surface area contributed by atoms with Crippen molar-refractivity contribution < 1.29 is 19.5 Å². The van der Waals surface area contributed by atoms with Crippen molar-refractivity contribution in [3.63, 3.8) is 0 Å². The summed E-state index contributed by atoms with van der Waals surface area (Å²) in [5, 5.41) is 13.4. The summed E-state index contributed by atoms with van der Waals surface area (Å²) < 4.78 is 0. The van der Waals surface area contributed by atoms with Crippen LogP contribution in [-0.2, 0) is 9.59 Å². The molecule has 1 aromatic carbocycles. The largest absolute Gasteiger partial charge is 0.480 e. The van der Waals surface area contributed by atoms with E-state index in [1.807, 2.05) is 0 Å². The Kier molecular flexibility index (Phi) is 5.43. The molecule has 0 fully saturated rings. The Morgan fingerprint density at radius 2 is 1.76 bits per heavy atom. The molecule has 1 rings (SSSR count). The minimum atomic E-state index is -1.11. The van der Waals surface area contributed by atoms with Crippen molar-refractivity contribution in [3.05, 3.63) is 29.8 Å². The summed E-state index contributed by atoms with van der Waals surface area (Å²) in [6, 6.07) is 6.14. The predicted octanol–water partition coefficient (Wildman–Crippen LogP) is 0.424. The van der Waals surface area contributed by atoms with Crippen molar-refractivity contribution in [2.45, 2.75) is 13.8 Å². The zero-order chi connectivity index (χ0) is 16.0. The molecule has 0 unspecified atom stereocenters. The number of benzene rings is 1. The van der Waals surface area contributed by atoms with Gasteiger partial charge in [-0.3, -0.25) is 14.4 Å². The average molecular weight is 293 g/mol. The van der Waals surface area contributed by atoms with E-state index >= 15 is 0 Å². The van der Waals surface area contributed by atoms with Gasteiger partial charge in [0, 0.05) is 17.8 Å². The summed E-state index contributed by atoms with van der Waals surface area (Å²) in [5.41, 5.74) is 5.69. The fraction of sp³-hybridized carbons (Fsp3) is 0.357. The molecule has 0 aliphatic heterocycles. The lowest BCUT2D eigenvalue weighted by molar-refractivity contribution is -0.135. The number of carbonyl (C=O) groups is 3. The molecule has 0 bridgehead atoms. The number of hydrogen-bond acceptors (Lipinski definition) is 4. The number of hydrogen-bond donors (Lipinski definition) is 4. The van der Waals surface area contributed by atoms with E-state index in [1.165, 1.54) is 12.1 Å². The third-order valence-electron chi connectivity index (χ3n) is 2.93. The molecular formula is C14H19N3O4. The number of nitrogens with one attached hydrogen (secondary N) is 2. The Hall–Kier alpha value is -2.41. The van der Waals surface area contributed by atoms with E-state index in [4.69, 9.17) is 10.8 Å². The molecule has 114 valence electrons. The molecule has 0 radical (unpaired) electrons. The summed E-state index contributed by atoms with van der Waals surface area (Å²) in [6.07, 6.45) is 0. The normalized spacial score (nSPS) is 10.8. The quantitative estimate of drug-likeness (QED) is 0.605. The molecule has 0 heterocycles. The van der Waals surface area contributed by atoms with Crippen molar-refractivity contribution in [1.29, 1.82) is 0 Å². The Labute approximate surface area is 122 Å². The maximum absolute atomic E-state index is 11.9. The second-order valence-corrected chi connectivity index (χ2v) is 5.20. The summed E-state index contributed by atoms with van der Waals surface area (Å²) in [4.78, 5) is 33.9. The van der Waals surface area contributed by atoms with Crippen LogP contribution in [0.4, 0.5) is 5.69 Å². The van der Waals surface area contributed by atoms with Gasteiger partial charge in [-0.05, 0) is 38.1 Å². The minimum absolute atomic E-state index is 0.215. The molecule has 7 nitrogen and oxygen atoms in total. The molecule has 0 spiro atoms. The number of anilines is 1. The number of amides is 2. The molecule has 0 aliphatic carbocycles. The van der Waals surface area contributed by atoms with Crippen molar-refractivity contribution >= 4 is 23.5 Å². The highest BCUT2D eigenvalue weighted by atomic mass is 16.4. The summed E-state index contributed by atoms with van der Waals surface area (Å²) in [5.74, 6) is -1.82. The van der Waals surface area contributed by atoms with Gasteiger partial charge < -0.3 is 21.5 Å². The van der Waals surface area contributed by atoms with Crippen LogP contribution in [-0.4, -0.2) is 36.0 Å². The van der Waals surface area contributed by atoms with Gasteiger partial charge in [-0.1, -0.05) is 0 Å². The Bertz CT molecular complexity index is 538. The Balaban J connectivity index is 2.68. The first-order chi connectivity index (χ1) is 9.76. The first-order valence-corrected chi connectivity index (χ1v) is 6.38. The van der Waals surface area contributed by atoms with Crippen LogP contribution in [0.2, 0.25) is 0 Å². The van der Waals surface area contributed by atoms with E-state index in [1.54, 1.807) is 26.0 Å². The maximum Gasteiger partial charge on any atom is 0.322 e. The molecule has 1 aromatic rings. The fourth-order valence-corrected chi connectivity index (χ4v) is 1.36. The van der Waals surface area contributed by atoms with Gasteiger partial charge in [0.05, 0.1) is 5.41 Å². The second kappa shape index (κ2) is 6.85. The van der Waals surface area contributed by atoms with E-state index < -0.39 is 23.8 Å². The molecule has 0 aromatic heterocycles. The van der Waals surface area contributed by atoms with Crippen molar-refractivity contribution in [1.82, 2.24) is 5.32 Å². The van der Waals surface area contributed by atoms with Crippen LogP contribution in [0.3, 0.4) is 0 Å². The van der Waals surface area contributed by atoms with E-state index in [0.29, 0.717) is 11.3 Å². The number of carboxylic acid groups (broad SMARTS) is 1. The van der Waals surface area contributed by atoms with Crippen molar-refractivity contribution in [2.75, 3.05) is 18.4 Å². The summed E-state index contributed by atoms with van der Waals surface area (Å²) in [7, 11) is 0. The highest BCUT2D eigenvalue weighted by molar-refractivity contribution is 5.98. The summed E-state index contributed by atoms with van der Waals surface area (Å²) in [6.45, 7) is 3.24. The minimum Gasteiger partial charge on any atom is -0.480 e. The number of nitrogens with two attached hydrogens (primary N) is 1. The Morgan fingerprint density at radius 1 is 1.19 bits per heavy atom. The van der Waals surface area contributed by atoms with Gasteiger partial charge in [-0.2, -0.15) is 0 Å². The van der Waals surface area contributed by atoms with Gasteiger partial charge >= 0.3 is 5.97 Å². The van der Waals surface area contributed by atoms with Crippen LogP contribution in [0.15, 0.2) is 24.3 Å². The van der Waals surface area contributed by atoms with Crippen LogP contribution in [0, 0.1) is 5.41 Å². The van der Waals surface area contributed by atoms with Crippen LogP contribution in [0.1, 0.15) is 24.2 Å². The van der Waals surface area contributed by atoms with Gasteiger partial charge in [-0.25, -0.2) is 0 Å². The highest BCUT2D eigenvalue weighted by Crippen LogP contribution is 2.17. The molecule has 0 saturated heterocycles. The zero-order valence-electron chi connectivity index (χ0n) is 12.0. The number of carbonyl (C=O) groups excluding carboxylic acids is 2. The highest BCUT2D eigenvalue weighted by Gasteiger charge is 2.25. The van der Waals surface area contributed by atoms with E-state index in [0.717, 1.165) is 0 Å². The molecule has 2 amide bonds. The molecule has 7 heteroatoms. The first-order valence-electron chi connectivity index (χ1n) is 6.38. The lowest BCUT2D eigenvalue weighted by atomic mass is 9.92. The van der Waals surface area contributed by atoms with E-state index in [2.05, 4.69) is 10.6 Å². The van der Waals surface area contributed by atoms with Gasteiger partial charge in [0.25, 0.3) is 5.91 Å². The topological polar surface area (TPSA) is 122 Å². The van der Waals surface area contributed by atoms with Gasteiger partial charge in [-0.15, -0.1) is 0 Å². The molecular weight excluding hydrogens is 274 g/mol. The van der Waals surface area contributed by atoms with Crippen molar-refractivity contribution in [2.24, 2.45) is 11.1 Å². The standard InChI is InChI=1S/C14H19N3O4/c1-14(2,8-15)13(21)17-10-5-3-9(4-6-10)12(20)16-7-11(18)19/h3-6H,7-8,15H2,1-2H3,(H,16,20)(H,17,21)(H,18,19). The number of carboxylic acids is 1. The lowest BCUT2D eigenvalue weighted by Crippen LogP contribution is -2.37. The van der Waals surface area contributed by atoms with Gasteiger partial charge in [0.2, 0.25) is 5.91 Å². The molecule has 0 aliphatic rings. The fourth-order valence-electron chi connectivity index (χ4n) is 1.36. The average Bonchev–Trinajstić information content (AvgIpc) is 2.45. The second-order valence-electron chi connectivity index (χ2n) is 5.20. The van der Waals surface area contributed by atoms with Crippen LogP contribution in [0.5, 0.6) is 0 Å². The van der Waals surface area contributed by atoms with Crippen LogP contribution < -0.4 is 16.4 Å².